The molecule has 0 aliphatic carbocycles. The van der Waals surface area contributed by atoms with Gasteiger partial charge in [0.15, 0.2) is 0 Å². The Balaban J connectivity index is 2.24. The fourth-order valence-electron chi connectivity index (χ4n) is 2.39. The van der Waals surface area contributed by atoms with Crippen molar-refractivity contribution in [3.05, 3.63) is 36.0 Å². The van der Waals surface area contributed by atoms with Gasteiger partial charge in [-0.05, 0) is 39.3 Å². The first kappa shape index (κ1) is 18.0. The molecule has 1 amide bonds. The molecule has 1 aromatic heterocycles. The van der Waals surface area contributed by atoms with Crippen LogP contribution in [0, 0.1) is 0 Å². The number of hydrogen-bond donors (Lipinski definition) is 3. The van der Waals surface area contributed by atoms with E-state index in [4.69, 9.17) is 10.5 Å². The number of ether oxygens (including phenoxy) is 1. The van der Waals surface area contributed by atoms with E-state index in [1.165, 1.54) is 0 Å². The molecule has 2 aromatic rings. The SMILES string of the molecule is CC(N)C(=O)NC(Cc1c[nH]c2ccccc12)C(=O)OC(C)(C)C. The molecule has 0 fully saturated rings. The molecular weight excluding hydrogens is 306 g/mol. The summed E-state index contributed by atoms with van der Waals surface area (Å²) in [6.07, 6.45) is 2.18. The number of esters is 1. The van der Waals surface area contributed by atoms with Crippen LogP contribution in [0.5, 0.6) is 0 Å². The van der Waals surface area contributed by atoms with Gasteiger partial charge >= 0.3 is 5.97 Å². The topological polar surface area (TPSA) is 97.2 Å². The van der Waals surface area contributed by atoms with Crippen LogP contribution < -0.4 is 11.1 Å². The zero-order valence-corrected chi connectivity index (χ0v) is 14.6. The lowest BCUT2D eigenvalue weighted by atomic mass is 10.0. The highest BCUT2D eigenvalue weighted by molar-refractivity contribution is 5.89. The summed E-state index contributed by atoms with van der Waals surface area (Å²) in [5.41, 5.74) is 6.89. The Kier molecular flexibility index (Phi) is 5.29. The van der Waals surface area contributed by atoms with E-state index in [1.54, 1.807) is 27.7 Å². The van der Waals surface area contributed by atoms with E-state index in [0.29, 0.717) is 6.42 Å². The van der Waals surface area contributed by atoms with Crippen molar-refractivity contribution >= 4 is 22.8 Å². The highest BCUT2D eigenvalue weighted by atomic mass is 16.6. The maximum absolute atomic E-state index is 12.5. The van der Waals surface area contributed by atoms with Crippen molar-refractivity contribution in [3.8, 4) is 0 Å². The van der Waals surface area contributed by atoms with Gasteiger partial charge in [0.1, 0.15) is 11.6 Å². The van der Waals surface area contributed by atoms with Gasteiger partial charge in [0.05, 0.1) is 6.04 Å². The Morgan fingerprint density at radius 1 is 1.29 bits per heavy atom. The van der Waals surface area contributed by atoms with Crippen LogP contribution in [0.1, 0.15) is 33.3 Å². The summed E-state index contributed by atoms with van der Waals surface area (Å²) in [7, 11) is 0. The van der Waals surface area contributed by atoms with Crippen LogP contribution in [0.4, 0.5) is 0 Å². The van der Waals surface area contributed by atoms with E-state index in [9.17, 15) is 9.59 Å². The average Bonchev–Trinajstić information content (AvgIpc) is 2.88. The van der Waals surface area contributed by atoms with Crippen molar-refractivity contribution in [1.29, 1.82) is 0 Å². The summed E-state index contributed by atoms with van der Waals surface area (Å²) in [5, 5.41) is 3.70. The molecule has 4 N–H and O–H groups in total. The van der Waals surface area contributed by atoms with E-state index in [1.807, 2.05) is 30.5 Å². The van der Waals surface area contributed by atoms with Crippen molar-refractivity contribution in [2.45, 2.75) is 51.8 Å². The molecule has 0 aliphatic rings. The summed E-state index contributed by atoms with van der Waals surface area (Å²) < 4.78 is 5.44. The van der Waals surface area contributed by atoms with E-state index in [0.717, 1.165) is 16.5 Å². The number of fused-ring (bicyclic) bond motifs is 1. The van der Waals surface area contributed by atoms with Crippen LogP contribution in [0.2, 0.25) is 0 Å². The van der Waals surface area contributed by atoms with Crippen LogP contribution in [0.3, 0.4) is 0 Å². The highest BCUT2D eigenvalue weighted by Crippen LogP contribution is 2.20. The third-order valence-corrected chi connectivity index (χ3v) is 3.52. The molecule has 6 nitrogen and oxygen atoms in total. The van der Waals surface area contributed by atoms with Crippen LogP contribution in [0.25, 0.3) is 10.9 Å². The number of rotatable bonds is 5. The maximum atomic E-state index is 12.5. The second kappa shape index (κ2) is 7.05. The van der Waals surface area contributed by atoms with Gasteiger partial charge < -0.3 is 20.8 Å². The predicted molar refractivity (Wildman–Crippen MR) is 93.4 cm³/mol. The molecule has 0 bridgehead atoms. The molecule has 6 heteroatoms. The predicted octanol–water partition coefficient (Wildman–Crippen LogP) is 1.88. The zero-order chi connectivity index (χ0) is 17.9. The number of hydrogen-bond acceptors (Lipinski definition) is 4. The second-order valence-corrected chi connectivity index (χ2v) is 6.95. The molecule has 0 saturated carbocycles. The number of nitrogens with one attached hydrogen (secondary N) is 2. The Hall–Kier alpha value is -2.34. The molecule has 0 saturated heterocycles. The third kappa shape index (κ3) is 4.58. The largest absolute Gasteiger partial charge is 0.458 e. The first-order valence-electron chi connectivity index (χ1n) is 8.01. The van der Waals surface area contributed by atoms with Gasteiger partial charge in [-0.3, -0.25) is 4.79 Å². The maximum Gasteiger partial charge on any atom is 0.329 e. The Bertz CT molecular complexity index is 728. The number of benzene rings is 1. The van der Waals surface area contributed by atoms with E-state index in [-0.39, 0.29) is 5.91 Å². The van der Waals surface area contributed by atoms with Crippen LogP contribution in [-0.2, 0) is 20.7 Å². The quantitative estimate of drug-likeness (QED) is 0.729. The van der Waals surface area contributed by atoms with Crippen molar-refractivity contribution in [2.24, 2.45) is 5.73 Å². The minimum absolute atomic E-state index is 0.331. The minimum atomic E-state index is -0.790. The van der Waals surface area contributed by atoms with Gasteiger partial charge in [-0.15, -0.1) is 0 Å². The number of nitrogens with two attached hydrogens (primary N) is 1. The molecule has 130 valence electrons. The summed E-state index contributed by atoms with van der Waals surface area (Å²) in [6, 6.07) is 6.32. The lowest BCUT2D eigenvalue weighted by molar-refractivity contribution is -0.158. The van der Waals surface area contributed by atoms with Gasteiger partial charge in [0.25, 0.3) is 0 Å². The Labute approximate surface area is 141 Å². The second-order valence-electron chi connectivity index (χ2n) is 6.95. The summed E-state index contributed by atoms with van der Waals surface area (Å²) >= 11 is 0. The van der Waals surface area contributed by atoms with Gasteiger partial charge in [0.2, 0.25) is 5.91 Å². The number of aromatic amines is 1. The summed E-state index contributed by atoms with van der Waals surface area (Å²) in [4.78, 5) is 27.6. The van der Waals surface area contributed by atoms with Gasteiger partial charge in [-0.1, -0.05) is 18.2 Å². The lowest BCUT2D eigenvalue weighted by Gasteiger charge is -2.25. The number of carbonyl (C=O) groups excluding carboxylic acids is 2. The fraction of sp³-hybridized carbons (Fsp3) is 0.444. The van der Waals surface area contributed by atoms with Gasteiger partial charge in [-0.25, -0.2) is 4.79 Å². The molecule has 1 aromatic carbocycles. The number of aromatic nitrogens is 1. The number of carbonyl (C=O) groups is 2. The fourth-order valence-corrected chi connectivity index (χ4v) is 2.39. The van der Waals surface area contributed by atoms with Crippen molar-refractivity contribution in [1.82, 2.24) is 10.3 Å². The molecule has 2 atom stereocenters. The van der Waals surface area contributed by atoms with Gasteiger partial charge in [-0.2, -0.15) is 0 Å². The zero-order valence-electron chi connectivity index (χ0n) is 14.6. The third-order valence-electron chi connectivity index (χ3n) is 3.52. The first-order valence-corrected chi connectivity index (χ1v) is 8.01. The molecule has 24 heavy (non-hydrogen) atoms. The Morgan fingerprint density at radius 3 is 2.58 bits per heavy atom. The molecule has 2 unspecified atom stereocenters. The van der Waals surface area contributed by atoms with Gasteiger partial charge in [0, 0.05) is 23.5 Å². The number of H-pyrrole nitrogens is 1. The first-order chi connectivity index (χ1) is 11.2. The molecule has 0 spiro atoms. The molecular formula is C18H25N3O3. The van der Waals surface area contributed by atoms with Crippen LogP contribution in [-0.4, -0.2) is 34.5 Å². The standard InChI is InChI=1S/C18H25N3O3/c1-11(19)16(22)21-15(17(23)24-18(2,3)4)9-12-10-20-14-8-6-5-7-13(12)14/h5-8,10-11,15,20H,9,19H2,1-4H3,(H,21,22). The lowest BCUT2D eigenvalue weighted by Crippen LogP contribution is -2.50. The number of para-hydroxylation sites is 1. The smallest absolute Gasteiger partial charge is 0.329 e. The van der Waals surface area contributed by atoms with E-state index in [2.05, 4.69) is 10.3 Å². The Morgan fingerprint density at radius 2 is 1.96 bits per heavy atom. The van der Waals surface area contributed by atoms with E-state index >= 15 is 0 Å². The monoisotopic (exact) mass is 331 g/mol. The summed E-state index contributed by atoms with van der Waals surface area (Å²) in [5.74, 6) is -0.854. The summed E-state index contributed by atoms with van der Waals surface area (Å²) in [6.45, 7) is 6.95. The normalized spacial score (nSPS) is 14.2. The van der Waals surface area contributed by atoms with Crippen molar-refractivity contribution in [3.63, 3.8) is 0 Å². The average molecular weight is 331 g/mol. The molecule has 2 rings (SSSR count). The minimum Gasteiger partial charge on any atom is -0.458 e. The number of amides is 1. The van der Waals surface area contributed by atoms with E-state index < -0.39 is 23.7 Å². The highest BCUT2D eigenvalue weighted by Gasteiger charge is 2.28. The van der Waals surface area contributed by atoms with Crippen LogP contribution >= 0.6 is 0 Å². The molecule has 0 aliphatic heterocycles. The van der Waals surface area contributed by atoms with Crippen molar-refractivity contribution < 1.29 is 14.3 Å². The molecule has 1 heterocycles. The molecule has 0 radical (unpaired) electrons. The van der Waals surface area contributed by atoms with Crippen molar-refractivity contribution in [2.75, 3.05) is 0 Å². The van der Waals surface area contributed by atoms with Crippen LogP contribution in [0.15, 0.2) is 30.5 Å².